The Kier molecular flexibility index (Phi) is 5.47. The van der Waals surface area contributed by atoms with Gasteiger partial charge in [0.15, 0.2) is 0 Å². The number of carbonyl (C=O) groups is 1. The van der Waals surface area contributed by atoms with Crippen molar-refractivity contribution >= 4 is 25.6 Å². The minimum absolute atomic E-state index is 0.0108. The molecule has 0 N–H and O–H groups in total. The predicted octanol–water partition coefficient (Wildman–Crippen LogP) is 1.67. The van der Waals surface area contributed by atoms with Gasteiger partial charge in [0.2, 0.25) is 15.0 Å². The normalized spacial score (nSPS) is 19.2. The number of hydrogen-bond donors (Lipinski definition) is 0. The highest BCUT2D eigenvalue weighted by Crippen LogP contribution is 2.23. The van der Waals surface area contributed by atoms with E-state index in [0.717, 1.165) is 12.1 Å². The van der Waals surface area contributed by atoms with Crippen molar-refractivity contribution in [2.24, 2.45) is 5.92 Å². The topological polar surface area (TPSA) is 57.7 Å². The van der Waals surface area contributed by atoms with E-state index in [0.29, 0.717) is 13.1 Å². The van der Waals surface area contributed by atoms with Crippen LogP contribution in [0.15, 0.2) is 24.3 Å². The number of hydrogen-bond acceptors (Lipinski definition) is 4. The smallest absolute Gasteiger partial charge is 0.232 e. The van der Waals surface area contributed by atoms with Gasteiger partial charge in [0.05, 0.1) is 5.75 Å². The summed E-state index contributed by atoms with van der Waals surface area (Å²) in [7, 11) is 5.73. The van der Waals surface area contributed by atoms with Crippen LogP contribution >= 0.6 is 10.7 Å². The monoisotopic (exact) mass is 344 g/mol. The summed E-state index contributed by atoms with van der Waals surface area (Å²) in [5, 5.41) is 0. The van der Waals surface area contributed by atoms with E-state index >= 15 is 0 Å². The molecule has 0 aromatic heterocycles. The lowest BCUT2D eigenvalue weighted by Crippen LogP contribution is -2.25. The van der Waals surface area contributed by atoms with Crippen LogP contribution in [0.25, 0.3) is 0 Å². The van der Waals surface area contributed by atoms with Gasteiger partial charge in [0, 0.05) is 42.7 Å². The van der Waals surface area contributed by atoms with Crippen molar-refractivity contribution in [1.29, 1.82) is 0 Å². The van der Waals surface area contributed by atoms with Crippen LogP contribution < -0.4 is 0 Å². The molecule has 0 saturated carbocycles. The average Bonchev–Trinajstić information content (AvgIpc) is 2.66. The standard InChI is InChI=1S/C15H21ClN2O3S/c1-17(2)8-12-4-3-5-13(6-12)9-18-10-14(7-15(18)19)11-22(16,20)21/h3-6,14H,7-11H2,1-2H3. The highest BCUT2D eigenvalue weighted by atomic mass is 35.7. The molecule has 0 radical (unpaired) electrons. The summed E-state index contributed by atoms with van der Waals surface area (Å²) in [6.45, 7) is 1.80. The molecule has 1 atom stereocenters. The molecule has 1 heterocycles. The van der Waals surface area contributed by atoms with E-state index in [4.69, 9.17) is 10.7 Å². The molecule has 1 aromatic carbocycles. The molecule has 122 valence electrons. The Morgan fingerprint density at radius 2 is 2.00 bits per heavy atom. The number of halogens is 1. The second-order valence-electron chi connectivity index (χ2n) is 6.11. The highest BCUT2D eigenvalue weighted by molar-refractivity contribution is 8.13. The third kappa shape index (κ3) is 5.26. The van der Waals surface area contributed by atoms with E-state index in [1.54, 1.807) is 4.90 Å². The number of carbonyl (C=O) groups excluding carboxylic acids is 1. The van der Waals surface area contributed by atoms with Gasteiger partial charge in [-0.25, -0.2) is 8.42 Å². The predicted molar refractivity (Wildman–Crippen MR) is 87.0 cm³/mol. The molecule has 1 unspecified atom stereocenters. The number of nitrogens with zero attached hydrogens (tertiary/aromatic N) is 2. The minimum atomic E-state index is -3.56. The number of benzene rings is 1. The lowest BCUT2D eigenvalue weighted by Gasteiger charge is -2.17. The van der Waals surface area contributed by atoms with Crippen molar-refractivity contribution in [3.05, 3.63) is 35.4 Å². The largest absolute Gasteiger partial charge is 0.338 e. The molecule has 1 saturated heterocycles. The summed E-state index contributed by atoms with van der Waals surface area (Å²) < 4.78 is 22.3. The van der Waals surface area contributed by atoms with Gasteiger partial charge in [-0.05, 0) is 25.2 Å². The number of likely N-dealkylation sites (tertiary alicyclic amines) is 1. The fraction of sp³-hybridized carbons (Fsp3) is 0.533. The van der Waals surface area contributed by atoms with Crippen molar-refractivity contribution in [2.75, 3.05) is 26.4 Å². The Balaban J connectivity index is 2.00. The van der Waals surface area contributed by atoms with Gasteiger partial charge >= 0.3 is 0 Å². The van der Waals surface area contributed by atoms with E-state index in [1.807, 2.05) is 26.2 Å². The van der Waals surface area contributed by atoms with Crippen molar-refractivity contribution in [1.82, 2.24) is 9.80 Å². The molecular formula is C15H21ClN2O3S. The van der Waals surface area contributed by atoms with Gasteiger partial charge in [0.25, 0.3) is 0 Å². The van der Waals surface area contributed by atoms with E-state index < -0.39 is 9.05 Å². The van der Waals surface area contributed by atoms with Crippen LogP contribution in [0.5, 0.6) is 0 Å². The molecular weight excluding hydrogens is 324 g/mol. The molecule has 2 rings (SSSR count). The molecule has 1 aliphatic heterocycles. The summed E-state index contributed by atoms with van der Waals surface area (Å²) in [5.41, 5.74) is 2.25. The molecule has 1 aromatic rings. The van der Waals surface area contributed by atoms with E-state index in [2.05, 4.69) is 17.0 Å². The molecule has 0 bridgehead atoms. The van der Waals surface area contributed by atoms with E-state index in [-0.39, 0.29) is 24.0 Å². The maximum atomic E-state index is 12.0. The lowest BCUT2D eigenvalue weighted by atomic mass is 10.1. The first-order valence-electron chi connectivity index (χ1n) is 7.15. The zero-order chi connectivity index (χ0) is 16.3. The van der Waals surface area contributed by atoms with Gasteiger partial charge in [-0.15, -0.1) is 0 Å². The first kappa shape index (κ1) is 17.2. The maximum Gasteiger partial charge on any atom is 0.232 e. The zero-order valence-corrected chi connectivity index (χ0v) is 14.4. The van der Waals surface area contributed by atoms with E-state index in [9.17, 15) is 13.2 Å². The Hall–Kier alpha value is -1.11. The zero-order valence-electron chi connectivity index (χ0n) is 12.8. The summed E-state index contributed by atoms with van der Waals surface area (Å²) >= 11 is 0. The van der Waals surface area contributed by atoms with Crippen LogP contribution in [0.4, 0.5) is 0 Å². The van der Waals surface area contributed by atoms with Crippen molar-refractivity contribution in [3.8, 4) is 0 Å². The van der Waals surface area contributed by atoms with Gasteiger partial charge in [-0.1, -0.05) is 24.3 Å². The molecule has 0 spiro atoms. The number of amides is 1. The molecule has 1 amide bonds. The van der Waals surface area contributed by atoms with Gasteiger partial charge < -0.3 is 9.80 Å². The quantitative estimate of drug-likeness (QED) is 0.736. The van der Waals surface area contributed by atoms with Gasteiger partial charge in [-0.2, -0.15) is 0 Å². The Morgan fingerprint density at radius 1 is 1.32 bits per heavy atom. The molecule has 7 heteroatoms. The second kappa shape index (κ2) is 6.98. The minimum Gasteiger partial charge on any atom is -0.338 e. The Bertz CT molecular complexity index is 646. The van der Waals surface area contributed by atoms with Crippen molar-refractivity contribution < 1.29 is 13.2 Å². The SMILES string of the molecule is CN(C)Cc1cccc(CN2CC(CS(=O)(=O)Cl)CC2=O)c1. The summed E-state index contributed by atoms with van der Waals surface area (Å²) in [6, 6.07) is 8.10. The first-order chi connectivity index (χ1) is 10.2. The van der Waals surface area contributed by atoms with Crippen LogP contribution in [-0.2, 0) is 26.9 Å². The maximum absolute atomic E-state index is 12.0. The molecule has 1 fully saturated rings. The van der Waals surface area contributed by atoms with Crippen LogP contribution in [0.3, 0.4) is 0 Å². The fourth-order valence-corrected chi connectivity index (χ4v) is 4.13. The number of rotatable bonds is 6. The third-order valence-corrected chi connectivity index (χ3v) is 4.84. The van der Waals surface area contributed by atoms with Crippen LogP contribution in [-0.4, -0.2) is 50.5 Å². The molecule has 22 heavy (non-hydrogen) atoms. The fourth-order valence-electron chi connectivity index (χ4n) is 2.81. The van der Waals surface area contributed by atoms with Crippen molar-refractivity contribution in [2.45, 2.75) is 19.5 Å². The second-order valence-corrected chi connectivity index (χ2v) is 8.93. The Morgan fingerprint density at radius 3 is 2.64 bits per heavy atom. The summed E-state index contributed by atoms with van der Waals surface area (Å²) in [4.78, 5) is 15.8. The first-order valence-corrected chi connectivity index (χ1v) is 9.63. The summed E-state index contributed by atoms with van der Waals surface area (Å²) in [5.74, 6) is -0.361. The average molecular weight is 345 g/mol. The van der Waals surface area contributed by atoms with Crippen LogP contribution in [0, 0.1) is 5.92 Å². The lowest BCUT2D eigenvalue weighted by molar-refractivity contribution is -0.128. The Labute approximate surface area is 136 Å². The summed E-state index contributed by atoms with van der Waals surface area (Å²) in [6.07, 6.45) is 0.253. The molecule has 0 aliphatic carbocycles. The third-order valence-electron chi connectivity index (χ3n) is 3.59. The van der Waals surface area contributed by atoms with Crippen LogP contribution in [0.2, 0.25) is 0 Å². The van der Waals surface area contributed by atoms with Crippen LogP contribution in [0.1, 0.15) is 17.5 Å². The van der Waals surface area contributed by atoms with Gasteiger partial charge in [-0.3, -0.25) is 4.79 Å². The van der Waals surface area contributed by atoms with Crippen molar-refractivity contribution in [3.63, 3.8) is 0 Å². The highest BCUT2D eigenvalue weighted by Gasteiger charge is 2.32. The molecule has 1 aliphatic rings. The molecule has 5 nitrogen and oxygen atoms in total. The van der Waals surface area contributed by atoms with Gasteiger partial charge in [0.1, 0.15) is 0 Å². The van der Waals surface area contributed by atoms with E-state index in [1.165, 1.54) is 5.56 Å².